The summed E-state index contributed by atoms with van der Waals surface area (Å²) in [4.78, 5) is 37.9. The first-order valence-corrected chi connectivity index (χ1v) is 24.6. The van der Waals surface area contributed by atoms with Crippen molar-refractivity contribution in [3.8, 4) is 0 Å². The highest BCUT2D eigenvalue weighted by Gasteiger charge is 2.19. The molecule has 0 aliphatic heterocycles. The third kappa shape index (κ3) is 44.5. The van der Waals surface area contributed by atoms with E-state index < -0.39 is 6.10 Å². The van der Waals surface area contributed by atoms with Crippen LogP contribution in [0.15, 0.2) is 48.6 Å². The highest BCUT2D eigenvalue weighted by molar-refractivity contribution is 5.71. The number of unbranched alkanes of at least 4 members (excludes halogenated alkanes) is 25. The molecule has 1 atom stereocenters. The van der Waals surface area contributed by atoms with Crippen molar-refractivity contribution in [2.75, 3.05) is 13.2 Å². The molecule has 0 aliphatic carbocycles. The van der Waals surface area contributed by atoms with Crippen molar-refractivity contribution in [3.63, 3.8) is 0 Å². The quantitative estimate of drug-likeness (QED) is 0.0264. The normalized spacial score (nSPS) is 12.4. The molecule has 0 aromatic carbocycles. The SMILES string of the molecule is CCCC/C=C\C/C=C\CCCCCCCC(=O)OC[C@@H](COC(=O)CCCCCCC/C=C\CCCCCC)OC(=O)CCCCCCC/C=C\CCCCCC. The minimum absolute atomic E-state index is 0.0850. The summed E-state index contributed by atoms with van der Waals surface area (Å²) in [6, 6.07) is 0. The van der Waals surface area contributed by atoms with Crippen molar-refractivity contribution < 1.29 is 28.6 Å². The van der Waals surface area contributed by atoms with Crippen LogP contribution in [0.5, 0.6) is 0 Å². The number of carbonyl (C=O) groups excluding carboxylic acids is 3. The van der Waals surface area contributed by atoms with Crippen LogP contribution >= 0.6 is 0 Å². The molecule has 0 aromatic heterocycles. The number of hydrogen-bond donors (Lipinski definition) is 0. The van der Waals surface area contributed by atoms with Gasteiger partial charge in [-0.15, -0.1) is 0 Å². The first-order chi connectivity index (χ1) is 28.5. The maximum atomic E-state index is 12.7. The van der Waals surface area contributed by atoms with Gasteiger partial charge in [0.15, 0.2) is 6.10 Å². The number of allylic oxidation sites excluding steroid dienone is 8. The number of carbonyl (C=O) groups is 3. The van der Waals surface area contributed by atoms with Crippen LogP contribution in [-0.2, 0) is 28.6 Å². The van der Waals surface area contributed by atoms with Crippen molar-refractivity contribution in [1.82, 2.24) is 0 Å². The molecule has 336 valence electrons. The molecule has 0 N–H and O–H groups in total. The Hall–Kier alpha value is -2.63. The molecule has 0 saturated heterocycles. The van der Waals surface area contributed by atoms with Crippen LogP contribution < -0.4 is 0 Å². The average Bonchev–Trinajstić information content (AvgIpc) is 3.22. The minimum Gasteiger partial charge on any atom is -0.462 e. The molecule has 0 spiro atoms. The Morgan fingerprint density at radius 1 is 0.345 bits per heavy atom. The maximum Gasteiger partial charge on any atom is 0.306 e. The summed E-state index contributed by atoms with van der Waals surface area (Å²) in [5.41, 5.74) is 0. The first-order valence-electron chi connectivity index (χ1n) is 24.6. The molecule has 58 heavy (non-hydrogen) atoms. The fourth-order valence-electron chi connectivity index (χ4n) is 6.74. The van der Waals surface area contributed by atoms with E-state index in [-0.39, 0.29) is 31.1 Å². The van der Waals surface area contributed by atoms with E-state index in [9.17, 15) is 14.4 Å². The lowest BCUT2D eigenvalue weighted by atomic mass is 10.1. The van der Waals surface area contributed by atoms with Gasteiger partial charge >= 0.3 is 17.9 Å². The number of hydrogen-bond acceptors (Lipinski definition) is 6. The zero-order valence-electron chi connectivity index (χ0n) is 38.3. The molecule has 0 fully saturated rings. The van der Waals surface area contributed by atoms with E-state index in [1.54, 1.807) is 0 Å². The van der Waals surface area contributed by atoms with Crippen LogP contribution in [0, 0.1) is 0 Å². The summed E-state index contributed by atoms with van der Waals surface area (Å²) in [6.45, 7) is 6.54. The van der Waals surface area contributed by atoms with Gasteiger partial charge in [0.25, 0.3) is 0 Å². The zero-order valence-corrected chi connectivity index (χ0v) is 38.3. The molecule has 0 saturated carbocycles. The fourth-order valence-corrected chi connectivity index (χ4v) is 6.74. The third-order valence-electron chi connectivity index (χ3n) is 10.5. The predicted molar refractivity (Wildman–Crippen MR) is 247 cm³/mol. The van der Waals surface area contributed by atoms with Crippen LogP contribution in [0.25, 0.3) is 0 Å². The molecule has 6 heteroatoms. The molecule has 0 unspecified atom stereocenters. The number of rotatable bonds is 44. The van der Waals surface area contributed by atoms with Crippen molar-refractivity contribution in [2.45, 2.75) is 252 Å². The van der Waals surface area contributed by atoms with Gasteiger partial charge in [0.05, 0.1) is 0 Å². The molecule has 0 rings (SSSR count). The molecule has 0 aliphatic rings. The van der Waals surface area contributed by atoms with Gasteiger partial charge < -0.3 is 14.2 Å². The summed E-state index contributed by atoms with van der Waals surface area (Å²) >= 11 is 0. The lowest BCUT2D eigenvalue weighted by molar-refractivity contribution is -0.167. The monoisotopic (exact) mass is 813 g/mol. The highest BCUT2D eigenvalue weighted by atomic mass is 16.6. The molecular weight excluding hydrogens is 721 g/mol. The molecule has 0 aromatic rings. The van der Waals surface area contributed by atoms with E-state index in [1.165, 1.54) is 109 Å². The van der Waals surface area contributed by atoms with Crippen LogP contribution in [0.2, 0.25) is 0 Å². The largest absolute Gasteiger partial charge is 0.462 e. The minimum atomic E-state index is -0.784. The first kappa shape index (κ1) is 55.4. The molecule has 0 radical (unpaired) electrons. The summed E-state index contributed by atoms with van der Waals surface area (Å²) in [5.74, 6) is -0.914. The van der Waals surface area contributed by atoms with Gasteiger partial charge in [0.2, 0.25) is 0 Å². The Morgan fingerprint density at radius 2 is 0.638 bits per heavy atom. The maximum absolute atomic E-state index is 12.7. The Morgan fingerprint density at radius 3 is 1.02 bits per heavy atom. The van der Waals surface area contributed by atoms with E-state index in [2.05, 4.69) is 69.4 Å². The van der Waals surface area contributed by atoms with Crippen LogP contribution in [-0.4, -0.2) is 37.2 Å². The highest BCUT2D eigenvalue weighted by Crippen LogP contribution is 2.13. The summed E-state index contributed by atoms with van der Waals surface area (Å²) in [5, 5.41) is 0. The van der Waals surface area contributed by atoms with E-state index in [0.717, 1.165) is 96.3 Å². The van der Waals surface area contributed by atoms with Gasteiger partial charge in [-0.2, -0.15) is 0 Å². The molecule has 0 bridgehead atoms. The standard InChI is InChI=1S/C52H92O6/c1-4-7-10-13-16-19-22-25-28-30-33-36-39-42-45-51(54)57-48-49(58-52(55)46-43-40-37-34-31-27-24-21-18-15-12-9-6-3)47-56-50(53)44-41-38-35-32-29-26-23-20-17-14-11-8-5-2/h13,16,20-25,49H,4-12,14-15,17-19,26-48H2,1-3H3/b16-13-,23-20-,24-21-,25-22-/t49-/m1/s1. The molecule has 0 heterocycles. The summed E-state index contributed by atoms with van der Waals surface area (Å²) in [6.07, 6.45) is 55.1. The van der Waals surface area contributed by atoms with Crippen molar-refractivity contribution in [2.24, 2.45) is 0 Å². The van der Waals surface area contributed by atoms with Gasteiger partial charge in [-0.3, -0.25) is 14.4 Å². The Bertz CT molecular complexity index is 1030. The smallest absolute Gasteiger partial charge is 0.306 e. The van der Waals surface area contributed by atoms with Crippen LogP contribution in [0.4, 0.5) is 0 Å². The summed E-state index contributed by atoms with van der Waals surface area (Å²) < 4.78 is 16.7. The molecule has 0 amide bonds. The Kier molecular flexibility index (Phi) is 44.9. The Labute approximate surface area is 358 Å². The van der Waals surface area contributed by atoms with E-state index in [0.29, 0.717) is 19.3 Å². The predicted octanol–water partition coefficient (Wildman–Crippen LogP) is 15.9. The van der Waals surface area contributed by atoms with Crippen molar-refractivity contribution in [3.05, 3.63) is 48.6 Å². The number of ether oxygens (including phenoxy) is 3. The van der Waals surface area contributed by atoms with E-state index in [4.69, 9.17) is 14.2 Å². The van der Waals surface area contributed by atoms with Crippen molar-refractivity contribution in [1.29, 1.82) is 0 Å². The molecular formula is C52H92O6. The second-order valence-corrected chi connectivity index (χ2v) is 16.4. The fraction of sp³-hybridized carbons (Fsp3) is 0.788. The van der Waals surface area contributed by atoms with Crippen molar-refractivity contribution >= 4 is 17.9 Å². The van der Waals surface area contributed by atoms with Gasteiger partial charge in [0.1, 0.15) is 13.2 Å². The number of esters is 3. The van der Waals surface area contributed by atoms with E-state index in [1.807, 2.05) is 0 Å². The van der Waals surface area contributed by atoms with E-state index >= 15 is 0 Å². The topological polar surface area (TPSA) is 78.9 Å². The average molecular weight is 813 g/mol. The third-order valence-corrected chi connectivity index (χ3v) is 10.5. The van der Waals surface area contributed by atoms with Gasteiger partial charge in [0, 0.05) is 19.3 Å². The van der Waals surface area contributed by atoms with Crippen LogP contribution in [0.1, 0.15) is 245 Å². The molecule has 6 nitrogen and oxygen atoms in total. The lowest BCUT2D eigenvalue weighted by Gasteiger charge is -2.18. The second-order valence-electron chi connectivity index (χ2n) is 16.4. The van der Waals surface area contributed by atoms with Gasteiger partial charge in [-0.05, 0) is 96.3 Å². The lowest BCUT2D eigenvalue weighted by Crippen LogP contribution is -2.30. The summed E-state index contributed by atoms with van der Waals surface area (Å²) in [7, 11) is 0. The zero-order chi connectivity index (χ0) is 42.3. The second kappa shape index (κ2) is 47.1. The Balaban J connectivity index is 4.42. The van der Waals surface area contributed by atoms with Gasteiger partial charge in [-0.1, -0.05) is 179 Å². The van der Waals surface area contributed by atoms with Gasteiger partial charge in [-0.25, -0.2) is 0 Å². The van der Waals surface area contributed by atoms with Crippen LogP contribution in [0.3, 0.4) is 0 Å².